The van der Waals surface area contributed by atoms with Crippen LogP contribution in [0.2, 0.25) is 5.02 Å². The number of para-hydroxylation sites is 1. The van der Waals surface area contributed by atoms with Crippen LogP contribution in [-0.4, -0.2) is 36.2 Å². The highest BCUT2D eigenvalue weighted by Crippen LogP contribution is 2.38. The number of Topliss-reactive ketones (excluding diaryl/α,β-unsaturated/α-hetero) is 1. The number of ether oxygens (including phenoxy) is 1. The molecular weight excluding hydrogens is 426 g/mol. The molecule has 6 nitrogen and oxygen atoms in total. The minimum absolute atomic E-state index is 0.150. The Kier molecular flexibility index (Phi) is 5.15. The van der Waals surface area contributed by atoms with E-state index in [4.69, 9.17) is 21.4 Å². The average molecular weight is 446 g/mol. The largest absolute Gasteiger partial charge is 0.497 e. The molecule has 0 aliphatic carbocycles. The molecule has 5 rings (SSSR count). The van der Waals surface area contributed by atoms with E-state index in [0.717, 1.165) is 22.6 Å². The van der Waals surface area contributed by atoms with Crippen molar-refractivity contribution in [2.75, 3.05) is 18.7 Å². The van der Waals surface area contributed by atoms with Gasteiger partial charge < -0.3 is 4.74 Å². The van der Waals surface area contributed by atoms with E-state index in [1.807, 2.05) is 59.6 Å². The van der Waals surface area contributed by atoms with Crippen molar-refractivity contribution in [3.63, 3.8) is 0 Å². The summed E-state index contributed by atoms with van der Waals surface area (Å²) < 4.78 is 5.26. The molecule has 3 aromatic carbocycles. The Morgan fingerprint density at radius 3 is 2.47 bits per heavy atom. The van der Waals surface area contributed by atoms with Gasteiger partial charge in [0.15, 0.2) is 0 Å². The third-order valence-corrected chi connectivity index (χ3v) is 6.19. The molecule has 0 saturated heterocycles. The summed E-state index contributed by atoms with van der Waals surface area (Å²) in [6.07, 6.45) is 0.619. The van der Waals surface area contributed by atoms with Gasteiger partial charge in [0.2, 0.25) is 0 Å². The summed E-state index contributed by atoms with van der Waals surface area (Å²) in [5.41, 5.74) is 3.80. The molecule has 0 bridgehead atoms. The highest BCUT2D eigenvalue weighted by molar-refractivity contribution is 6.52. The van der Waals surface area contributed by atoms with E-state index in [-0.39, 0.29) is 12.7 Å². The lowest BCUT2D eigenvalue weighted by Gasteiger charge is -2.29. The molecule has 2 heterocycles. The lowest BCUT2D eigenvalue weighted by molar-refractivity contribution is -0.114. The fourth-order valence-electron chi connectivity index (χ4n) is 4.19. The molecule has 32 heavy (non-hydrogen) atoms. The Morgan fingerprint density at radius 2 is 1.72 bits per heavy atom. The molecule has 0 saturated carbocycles. The van der Waals surface area contributed by atoms with E-state index in [9.17, 15) is 9.59 Å². The standard InChI is InChI=1S/C25H20ClN3O3/c1-32-17-12-10-16(11-13-17)21-14-23(18-6-2-4-8-20(18)26)29(27-21)15-28-22-9-5-3-7-19(22)24(30)25(28)31/h2-13,23H,14-15H2,1H3/t23-/m0/s1. The molecule has 0 unspecified atom stereocenters. The number of fused-ring (bicyclic) bond motifs is 1. The molecule has 0 radical (unpaired) electrons. The number of nitrogens with zero attached hydrogens (tertiary/aromatic N) is 3. The number of halogens is 1. The highest BCUT2D eigenvalue weighted by Gasteiger charge is 2.39. The molecule has 0 fully saturated rings. The van der Waals surface area contributed by atoms with Gasteiger partial charge in [-0.1, -0.05) is 41.9 Å². The van der Waals surface area contributed by atoms with Gasteiger partial charge in [-0.25, -0.2) is 0 Å². The van der Waals surface area contributed by atoms with Crippen molar-refractivity contribution in [3.05, 3.63) is 94.5 Å². The molecule has 2 aliphatic rings. The maximum Gasteiger partial charge on any atom is 0.301 e. The molecule has 1 amide bonds. The van der Waals surface area contributed by atoms with E-state index >= 15 is 0 Å². The van der Waals surface area contributed by atoms with Crippen LogP contribution >= 0.6 is 11.6 Å². The van der Waals surface area contributed by atoms with Crippen LogP contribution < -0.4 is 9.64 Å². The summed E-state index contributed by atoms with van der Waals surface area (Å²) in [7, 11) is 1.63. The van der Waals surface area contributed by atoms with E-state index in [1.165, 1.54) is 4.90 Å². The average Bonchev–Trinajstić information content (AvgIpc) is 3.35. The van der Waals surface area contributed by atoms with Crippen molar-refractivity contribution in [2.24, 2.45) is 5.10 Å². The number of anilines is 1. The summed E-state index contributed by atoms with van der Waals surface area (Å²) >= 11 is 6.52. The highest BCUT2D eigenvalue weighted by atomic mass is 35.5. The van der Waals surface area contributed by atoms with Crippen LogP contribution in [0.1, 0.15) is 33.9 Å². The van der Waals surface area contributed by atoms with Crippen LogP contribution in [0.25, 0.3) is 0 Å². The summed E-state index contributed by atoms with van der Waals surface area (Å²) in [5.74, 6) is -0.268. The zero-order valence-corrected chi connectivity index (χ0v) is 18.1. The molecule has 0 N–H and O–H groups in total. The maximum absolute atomic E-state index is 12.7. The summed E-state index contributed by atoms with van der Waals surface area (Å²) in [6, 6.07) is 22.2. The molecule has 0 spiro atoms. The first kappa shape index (κ1) is 20.3. The molecule has 2 aliphatic heterocycles. The maximum atomic E-state index is 12.7. The number of hydrazone groups is 1. The third-order valence-electron chi connectivity index (χ3n) is 5.85. The molecule has 1 atom stereocenters. The second kappa shape index (κ2) is 8.13. The van der Waals surface area contributed by atoms with Gasteiger partial charge in [-0.05, 0) is 53.6 Å². The van der Waals surface area contributed by atoms with Crippen LogP contribution in [0.5, 0.6) is 5.75 Å². The summed E-state index contributed by atoms with van der Waals surface area (Å²) in [5, 5.41) is 7.33. The van der Waals surface area contributed by atoms with Gasteiger partial charge in [-0.3, -0.25) is 19.5 Å². The predicted molar refractivity (Wildman–Crippen MR) is 123 cm³/mol. The number of carbonyl (C=O) groups is 2. The minimum atomic E-state index is -0.544. The molecule has 3 aromatic rings. The third kappa shape index (κ3) is 3.42. The Bertz CT molecular complexity index is 1240. The van der Waals surface area contributed by atoms with E-state index in [0.29, 0.717) is 22.7 Å². The van der Waals surface area contributed by atoms with Crippen LogP contribution in [0.3, 0.4) is 0 Å². The van der Waals surface area contributed by atoms with E-state index in [2.05, 4.69) is 0 Å². The van der Waals surface area contributed by atoms with Gasteiger partial charge in [0.1, 0.15) is 12.4 Å². The minimum Gasteiger partial charge on any atom is -0.497 e. The van der Waals surface area contributed by atoms with Gasteiger partial charge in [-0.2, -0.15) is 5.10 Å². The van der Waals surface area contributed by atoms with Crippen LogP contribution in [0, 0.1) is 0 Å². The van der Waals surface area contributed by atoms with Crippen molar-refractivity contribution in [1.29, 1.82) is 0 Å². The fourth-order valence-corrected chi connectivity index (χ4v) is 4.45. The first-order valence-corrected chi connectivity index (χ1v) is 10.6. The number of hydrogen-bond donors (Lipinski definition) is 0. The van der Waals surface area contributed by atoms with Crippen LogP contribution in [0.15, 0.2) is 77.9 Å². The van der Waals surface area contributed by atoms with Gasteiger partial charge in [-0.15, -0.1) is 0 Å². The van der Waals surface area contributed by atoms with Gasteiger partial charge in [0, 0.05) is 11.4 Å². The number of rotatable bonds is 5. The van der Waals surface area contributed by atoms with Gasteiger partial charge in [0.25, 0.3) is 5.78 Å². The van der Waals surface area contributed by atoms with Gasteiger partial charge in [0.05, 0.1) is 30.1 Å². The number of ketones is 1. The Hall–Kier alpha value is -3.64. The Balaban J connectivity index is 1.52. The Morgan fingerprint density at radius 1 is 1.00 bits per heavy atom. The molecule has 7 heteroatoms. The number of benzene rings is 3. The zero-order valence-electron chi connectivity index (χ0n) is 17.4. The lowest BCUT2D eigenvalue weighted by atomic mass is 9.98. The second-order valence-corrected chi connectivity index (χ2v) is 8.08. The van der Waals surface area contributed by atoms with Crippen molar-refractivity contribution in [2.45, 2.75) is 12.5 Å². The van der Waals surface area contributed by atoms with Crippen molar-refractivity contribution >= 4 is 34.7 Å². The van der Waals surface area contributed by atoms with Crippen LogP contribution in [-0.2, 0) is 4.79 Å². The first-order valence-electron chi connectivity index (χ1n) is 10.2. The first-order chi connectivity index (χ1) is 15.6. The van der Waals surface area contributed by atoms with Gasteiger partial charge >= 0.3 is 5.91 Å². The van der Waals surface area contributed by atoms with Crippen molar-refractivity contribution in [1.82, 2.24) is 5.01 Å². The SMILES string of the molecule is COc1ccc(C2=NN(CN3C(=O)C(=O)c4ccccc43)[C@H](c3ccccc3Cl)C2)cc1. The zero-order chi connectivity index (χ0) is 22.2. The monoisotopic (exact) mass is 445 g/mol. The number of methoxy groups -OCH3 is 1. The second-order valence-electron chi connectivity index (χ2n) is 7.68. The molecule has 160 valence electrons. The topological polar surface area (TPSA) is 62.2 Å². The van der Waals surface area contributed by atoms with Crippen molar-refractivity contribution < 1.29 is 14.3 Å². The van der Waals surface area contributed by atoms with E-state index in [1.54, 1.807) is 25.3 Å². The van der Waals surface area contributed by atoms with E-state index < -0.39 is 11.7 Å². The fraction of sp³-hybridized carbons (Fsp3) is 0.160. The Labute approximate surface area is 190 Å². The smallest absolute Gasteiger partial charge is 0.301 e. The number of hydrogen-bond acceptors (Lipinski definition) is 5. The quantitative estimate of drug-likeness (QED) is 0.535. The molecule has 0 aromatic heterocycles. The summed E-state index contributed by atoms with van der Waals surface area (Å²) in [4.78, 5) is 26.7. The molecular formula is C25H20ClN3O3. The lowest BCUT2D eigenvalue weighted by Crippen LogP contribution is -2.39. The predicted octanol–water partition coefficient (Wildman–Crippen LogP) is 4.69. The number of amides is 1. The van der Waals surface area contributed by atoms with Crippen LogP contribution in [0.4, 0.5) is 5.69 Å². The summed E-state index contributed by atoms with van der Waals surface area (Å²) in [6.45, 7) is 0.150. The van der Waals surface area contributed by atoms with Crippen molar-refractivity contribution in [3.8, 4) is 5.75 Å². The number of carbonyl (C=O) groups excluding carboxylic acids is 2. The normalized spacial score (nSPS) is 17.6.